The first-order chi connectivity index (χ1) is 14.3. The first-order valence-corrected chi connectivity index (χ1v) is 11.0. The van der Waals surface area contributed by atoms with Crippen LogP contribution in [0.1, 0.15) is 44.2 Å². The SMILES string of the molecule is c1cncc(-c2ccc(-c3ccnc(CN4CCC5(CCCC5)CC4)c3)cc2)c1. The third kappa shape index (κ3) is 4.11. The van der Waals surface area contributed by atoms with E-state index in [1.165, 1.54) is 74.0 Å². The van der Waals surface area contributed by atoms with E-state index in [9.17, 15) is 0 Å². The molecule has 1 aliphatic carbocycles. The number of hydrogen-bond donors (Lipinski definition) is 0. The average molecular weight is 384 g/mol. The van der Waals surface area contributed by atoms with Gasteiger partial charge in [-0.05, 0) is 84.6 Å². The van der Waals surface area contributed by atoms with Gasteiger partial charge >= 0.3 is 0 Å². The van der Waals surface area contributed by atoms with Gasteiger partial charge in [-0.2, -0.15) is 0 Å². The van der Waals surface area contributed by atoms with Crippen molar-refractivity contribution in [3.05, 3.63) is 72.8 Å². The van der Waals surface area contributed by atoms with Gasteiger partial charge in [-0.1, -0.05) is 43.2 Å². The van der Waals surface area contributed by atoms with Crippen molar-refractivity contribution in [1.29, 1.82) is 0 Å². The van der Waals surface area contributed by atoms with Crippen LogP contribution in [-0.4, -0.2) is 28.0 Å². The van der Waals surface area contributed by atoms with Gasteiger partial charge in [0.05, 0.1) is 5.69 Å². The summed E-state index contributed by atoms with van der Waals surface area (Å²) in [5, 5.41) is 0. The lowest BCUT2D eigenvalue weighted by Crippen LogP contribution is -2.38. The second kappa shape index (κ2) is 8.08. The molecule has 1 saturated heterocycles. The second-order valence-electron chi connectivity index (χ2n) is 8.84. The molecule has 3 aromatic rings. The Balaban J connectivity index is 1.26. The van der Waals surface area contributed by atoms with Crippen molar-refractivity contribution in [2.45, 2.75) is 45.1 Å². The van der Waals surface area contributed by atoms with Crippen molar-refractivity contribution in [3.63, 3.8) is 0 Å². The zero-order chi connectivity index (χ0) is 19.5. The number of hydrogen-bond acceptors (Lipinski definition) is 3. The molecule has 0 unspecified atom stereocenters. The summed E-state index contributed by atoms with van der Waals surface area (Å²) in [5.41, 5.74) is 6.70. The van der Waals surface area contributed by atoms with Gasteiger partial charge in [-0.3, -0.25) is 14.9 Å². The predicted molar refractivity (Wildman–Crippen MR) is 118 cm³/mol. The van der Waals surface area contributed by atoms with Gasteiger partial charge in [-0.25, -0.2) is 0 Å². The van der Waals surface area contributed by atoms with Crippen molar-refractivity contribution in [2.24, 2.45) is 5.41 Å². The lowest BCUT2D eigenvalue weighted by Gasteiger charge is -2.39. The summed E-state index contributed by atoms with van der Waals surface area (Å²) in [6, 6.07) is 17.2. The Bertz CT molecular complexity index is 933. The van der Waals surface area contributed by atoms with E-state index in [-0.39, 0.29) is 0 Å². The number of benzene rings is 1. The highest BCUT2D eigenvalue weighted by Gasteiger charge is 2.36. The van der Waals surface area contributed by atoms with Crippen LogP contribution in [0.25, 0.3) is 22.3 Å². The normalized spacial score (nSPS) is 18.9. The molecule has 148 valence electrons. The summed E-state index contributed by atoms with van der Waals surface area (Å²) in [5.74, 6) is 0. The molecular formula is C26H29N3. The van der Waals surface area contributed by atoms with E-state index in [0.29, 0.717) is 5.41 Å². The summed E-state index contributed by atoms with van der Waals surface area (Å²) >= 11 is 0. The van der Waals surface area contributed by atoms with Crippen LogP contribution in [0, 0.1) is 5.41 Å². The monoisotopic (exact) mass is 383 g/mol. The molecule has 29 heavy (non-hydrogen) atoms. The first kappa shape index (κ1) is 18.5. The van der Waals surface area contributed by atoms with Crippen LogP contribution in [0.15, 0.2) is 67.1 Å². The smallest absolute Gasteiger partial charge is 0.0550 e. The molecule has 0 atom stereocenters. The van der Waals surface area contributed by atoms with Crippen molar-refractivity contribution in [3.8, 4) is 22.3 Å². The van der Waals surface area contributed by atoms with Crippen LogP contribution >= 0.6 is 0 Å². The summed E-state index contributed by atoms with van der Waals surface area (Å²) in [6.07, 6.45) is 14.3. The van der Waals surface area contributed by atoms with E-state index in [1.54, 1.807) is 0 Å². The Morgan fingerprint density at radius 1 is 0.759 bits per heavy atom. The van der Waals surface area contributed by atoms with E-state index in [4.69, 9.17) is 0 Å². The Labute approximate surface area is 173 Å². The lowest BCUT2D eigenvalue weighted by molar-refractivity contribution is 0.103. The average Bonchev–Trinajstić information content (AvgIpc) is 3.25. The van der Waals surface area contributed by atoms with Crippen LogP contribution in [0.3, 0.4) is 0 Å². The quantitative estimate of drug-likeness (QED) is 0.556. The summed E-state index contributed by atoms with van der Waals surface area (Å²) in [6.45, 7) is 3.43. The molecule has 3 heterocycles. The lowest BCUT2D eigenvalue weighted by atomic mass is 9.77. The van der Waals surface area contributed by atoms with Crippen molar-refractivity contribution in [2.75, 3.05) is 13.1 Å². The number of aromatic nitrogens is 2. The Hall–Kier alpha value is -2.52. The summed E-state index contributed by atoms with van der Waals surface area (Å²) < 4.78 is 0. The second-order valence-corrected chi connectivity index (χ2v) is 8.84. The van der Waals surface area contributed by atoms with Crippen LogP contribution in [-0.2, 0) is 6.54 Å². The van der Waals surface area contributed by atoms with E-state index in [2.05, 4.69) is 57.3 Å². The van der Waals surface area contributed by atoms with Crippen LogP contribution in [0.2, 0.25) is 0 Å². The third-order valence-electron chi connectivity index (χ3n) is 7.00. The molecule has 3 nitrogen and oxygen atoms in total. The number of rotatable bonds is 4. The number of pyridine rings is 2. The van der Waals surface area contributed by atoms with Crippen molar-refractivity contribution < 1.29 is 0 Å². The molecular weight excluding hydrogens is 354 g/mol. The molecule has 2 aromatic heterocycles. The number of nitrogens with zero attached hydrogens (tertiary/aromatic N) is 3. The van der Waals surface area contributed by atoms with E-state index in [0.717, 1.165) is 12.1 Å². The maximum absolute atomic E-state index is 4.66. The van der Waals surface area contributed by atoms with Gasteiger partial charge in [0.2, 0.25) is 0 Å². The standard InChI is InChI=1S/C26H29N3/c1-2-11-26(10-1)12-16-29(17-13-26)20-25-18-23(9-15-28-25)21-5-7-22(8-6-21)24-4-3-14-27-19-24/h3-9,14-15,18-19H,1-2,10-13,16-17,20H2. The maximum atomic E-state index is 4.66. The molecule has 1 spiro atoms. The molecule has 0 radical (unpaired) electrons. The molecule has 2 aliphatic rings. The number of piperidine rings is 1. The van der Waals surface area contributed by atoms with Gasteiger partial charge in [-0.15, -0.1) is 0 Å². The molecule has 0 bridgehead atoms. The molecule has 5 rings (SSSR count). The Morgan fingerprint density at radius 3 is 2.17 bits per heavy atom. The highest BCUT2D eigenvalue weighted by atomic mass is 15.1. The van der Waals surface area contributed by atoms with E-state index < -0.39 is 0 Å². The summed E-state index contributed by atoms with van der Waals surface area (Å²) in [4.78, 5) is 11.5. The highest BCUT2D eigenvalue weighted by molar-refractivity contribution is 5.69. The predicted octanol–water partition coefficient (Wildman–Crippen LogP) is 5.97. The molecule has 1 saturated carbocycles. The van der Waals surface area contributed by atoms with Crippen LogP contribution in [0.4, 0.5) is 0 Å². The zero-order valence-electron chi connectivity index (χ0n) is 17.1. The molecule has 2 fully saturated rings. The minimum absolute atomic E-state index is 0.682. The number of likely N-dealkylation sites (tertiary alicyclic amines) is 1. The van der Waals surface area contributed by atoms with E-state index in [1.807, 2.05) is 24.7 Å². The van der Waals surface area contributed by atoms with E-state index >= 15 is 0 Å². The molecule has 1 aliphatic heterocycles. The zero-order valence-corrected chi connectivity index (χ0v) is 17.1. The van der Waals surface area contributed by atoms with Gasteiger partial charge in [0.1, 0.15) is 0 Å². The van der Waals surface area contributed by atoms with Gasteiger partial charge < -0.3 is 0 Å². The fourth-order valence-electron chi connectivity index (χ4n) is 5.17. The minimum atomic E-state index is 0.682. The van der Waals surface area contributed by atoms with Crippen molar-refractivity contribution >= 4 is 0 Å². The Kier molecular flexibility index (Phi) is 5.15. The fourth-order valence-corrected chi connectivity index (χ4v) is 5.17. The third-order valence-corrected chi connectivity index (χ3v) is 7.00. The molecule has 1 aromatic carbocycles. The largest absolute Gasteiger partial charge is 0.297 e. The highest BCUT2D eigenvalue weighted by Crippen LogP contribution is 2.46. The topological polar surface area (TPSA) is 29.0 Å². The maximum Gasteiger partial charge on any atom is 0.0550 e. The van der Waals surface area contributed by atoms with Gasteiger partial charge in [0.15, 0.2) is 0 Å². The fraction of sp³-hybridized carbons (Fsp3) is 0.385. The first-order valence-electron chi connectivity index (χ1n) is 11.0. The Morgan fingerprint density at radius 2 is 1.48 bits per heavy atom. The van der Waals surface area contributed by atoms with Gasteiger partial charge in [0.25, 0.3) is 0 Å². The van der Waals surface area contributed by atoms with Crippen molar-refractivity contribution in [1.82, 2.24) is 14.9 Å². The van der Waals surface area contributed by atoms with Gasteiger partial charge in [0, 0.05) is 25.1 Å². The molecule has 3 heteroatoms. The molecule has 0 amide bonds. The molecule has 0 N–H and O–H groups in total. The summed E-state index contributed by atoms with van der Waals surface area (Å²) in [7, 11) is 0. The van der Waals surface area contributed by atoms with Crippen LogP contribution in [0.5, 0.6) is 0 Å². The van der Waals surface area contributed by atoms with Crippen LogP contribution < -0.4 is 0 Å². The minimum Gasteiger partial charge on any atom is -0.297 e.